The van der Waals surface area contributed by atoms with E-state index in [9.17, 15) is 24.1 Å². The molecule has 0 aliphatic carbocycles. The molecule has 0 unspecified atom stereocenters. The number of carbonyl (C=O) groups excluding carboxylic acids is 2. The Balaban J connectivity index is 1.82. The van der Waals surface area contributed by atoms with Crippen LogP contribution in [0.1, 0.15) is 15.9 Å². The summed E-state index contributed by atoms with van der Waals surface area (Å²) in [6, 6.07) is 11.0. The Labute approximate surface area is 162 Å². The quantitative estimate of drug-likeness (QED) is 0.365. The molecule has 3 rings (SSSR count). The molecule has 1 saturated heterocycles. The van der Waals surface area contributed by atoms with Crippen molar-refractivity contribution in [1.29, 1.82) is 0 Å². The van der Waals surface area contributed by atoms with Gasteiger partial charge in [-0.25, -0.2) is 4.39 Å². The minimum absolute atomic E-state index is 0.0505. The van der Waals surface area contributed by atoms with Crippen LogP contribution < -0.4 is 5.43 Å². The van der Waals surface area contributed by atoms with E-state index >= 15 is 0 Å². The molecule has 0 saturated carbocycles. The molecule has 1 N–H and O–H groups in total. The first kappa shape index (κ1) is 18.7. The number of carbonyl (C=O) groups is 2. The number of rotatable bonds is 4. The van der Waals surface area contributed by atoms with Crippen molar-refractivity contribution in [3.8, 4) is 0 Å². The lowest BCUT2D eigenvalue weighted by Gasteiger charge is -2.15. The van der Waals surface area contributed by atoms with Gasteiger partial charge in [-0.2, -0.15) is 5.01 Å². The lowest BCUT2D eigenvalue weighted by atomic mass is 10.2. The number of nitrogens with zero attached hydrogens (tertiary/aromatic N) is 2. The Hall–Kier alpha value is -3.11. The molecule has 2 aromatic carbocycles. The number of nitro benzene ring substituents is 1. The topological polar surface area (TPSA) is 92.6 Å². The Morgan fingerprint density at radius 3 is 2.70 bits per heavy atom. The third-order valence-electron chi connectivity index (χ3n) is 3.50. The number of thiocarbonyl (C=S) groups is 1. The van der Waals surface area contributed by atoms with E-state index in [2.05, 4.69) is 5.43 Å². The van der Waals surface area contributed by atoms with Crippen LogP contribution in [0.3, 0.4) is 0 Å². The summed E-state index contributed by atoms with van der Waals surface area (Å²) in [6.45, 7) is 0. The van der Waals surface area contributed by atoms with Crippen molar-refractivity contribution >= 4 is 51.9 Å². The molecule has 1 heterocycles. The molecule has 7 nitrogen and oxygen atoms in total. The molecule has 136 valence electrons. The monoisotopic (exact) mass is 403 g/mol. The first-order valence-corrected chi connectivity index (χ1v) is 8.67. The molecular formula is C17H10FN3O4S2. The lowest BCUT2D eigenvalue weighted by molar-refractivity contribution is -0.385. The van der Waals surface area contributed by atoms with E-state index in [4.69, 9.17) is 12.2 Å². The molecule has 0 radical (unpaired) electrons. The van der Waals surface area contributed by atoms with Gasteiger partial charge in [-0.05, 0) is 42.1 Å². The van der Waals surface area contributed by atoms with Crippen LogP contribution in [-0.4, -0.2) is 26.1 Å². The fraction of sp³-hybridized carbons (Fsp3) is 0. The predicted octanol–water partition coefficient (Wildman–Crippen LogP) is 3.28. The molecule has 1 aliphatic heterocycles. The predicted molar refractivity (Wildman–Crippen MR) is 102 cm³/mol. The molecule has 0 aromatic heterocycles. The molecule has 27 heavy (non-hydrogen) atoms. The van der Waals surface area contributed by atoms with Crippen LogP contribution in [0.2, 0.25) is 0 Å². The van der Waals surface area contributed by atoms with Crippen LogP contribution in [0.4, 0.5) is 10.1 Å². The maximum Gasteiger partial charge on any atom is 0.285 e. The van der Waals surface area contributed by atoms with Gasteiger partial charge >= 0.3 is 0 Å². The maximum absolute atomic E-state index is 13.3. The maximum atomic E-state index is 13.3. The normalized spacial score (nSPS) is 15.3. The van der Waals surface area contributed by atoms with E-state index in [0.29, 0.717) is 5.56 Å². The zero-order valence-electron chi connectivity index (χ0n) is 13.4. The largest absolute Gasteiger partial charge is 0.285 e. The molecule has 1 fully saturated rings. The van der Waals surface area contributed by atoms with Crippen LogP contribution in [0, 0.1) is 15.9 Å². The van der Waals surface area contributed by atoms with Crippen molar-refractivity contribution in [3.63, 3.8) is 0 Å². The fourth-order valence-corrected chi connectivity index (χ4v) is 3.48. The Morgan fingerprint density at radius 2 is 2.00 bits per heavy atom. The summed E-state index contributed by atoms with van der Waals surface area (Å²) < 4.78 is 13.3. The molecule has 1 aliphatic rings. The minimum Gasteiger partial charge on any atom is -0.267 e. The van der Waals surface area contributed by atoms with E-state index < -0.39 is 28.2 Å². The van der Waals surface area contributed by atoms with E-state index in [-0.39, 0.29) is 14.8 Å². The number of benzene rings is 2. The lowest BCUT2D eigenvalue weighted by Crippen LogP contribution is -2.45. The smallest absolute Gasteiger partial charge is 0.267 e. The van der Waals surface area contributed by atoms with Crippen LogP contribution >= 0.6 is 24.0 Å². The summed E-state index contributed by atoms with van der Waals surface area (Å²) in [6.07, 6.45) is 1.44. The Morgan fingerprint density at radius 1 is 1.26 bits per heavy atom. The average Bonchev–Trinajstić information content (AvgIpc) is 2.89. The molecule has 0 atom stereocenters. The highest BCUT2D eigenvalue weighted by Crippen LogP contribution is 2.31. The first-order valence-electron chi connectivity index (χ1n) is 7.45. The van der Waals surface area contributed by atoms with Crippen molar-refractivity contribution < 1.29 is 18.9 Å². The molecule has 2 aromatic rings. The first-order chi connectivity index (χ1) is 12.9. The van der Waals surface area contributed by atoms with Gasteiger partial charge in [0, 0.05) is 6.07 Å². The number of para-hydroxylation sites is 1. The summed E-state index contributed by atoms with van der Waals surface area (Å²) in [5.41, 5.74) is 2.14. The number of nitro groups is 1. The summed E-state index contributed by atoms with van der Waals surface area (Å²) >= 11 is 6.02. The van der Waals surface area contributed by atoms with Crippen LogP contribution in [-0.2, 0) is 4.79 Å². The zero-order valence-corrected chi connectivity index (χ0v) is 15.1. The van der Waals surface area contributed by atoms with Crippen molar-refractivity contribution in [3.05, 3.63) is 80.5 Å². The van der Waals surface area contributed by atoms with E-state index in [1.54, 1.807) is 6.07 Å². The number of thioether (sulfide) groups is 1. The number of nitrogens with one attached hydrogen (secondary N) is 1. The summed E-state index contributed by atoms with van der Waals surface area (Å²) in [5.74, 6) is -1.91. The summed E-state index contributed by atoms with van der Waals surface area (Å²) in [5, 5.41) is 11.9. The highest BCUT2D eigenvalue weighted by molar-refractivity contribution is 8.26. The van der Waals surface area contributed by atoms with Crippen molar-refractivity contribution in [1.82, 2.24) is 10.4 Å². The van der Waals surface area contributed by atoms with E-state index in [0.717, 1.165) is 16.8 Å². The van der Waals surface area contributed by atoms with Gasteiger partial charge in [0.15, 0.2) is 4.32 Å². The second-order valence-corrected chi connectivity index (χ2v) is 6.96. The summed E-state index contributed by atoms with van der Waals surface area (Å²) in [4.78, 5) is 35.4. The third kappa shape index (κ3) is 4.01. The van der Waals surface area contributed by atoms with Gasteiger partial charge in [-0.3, -0.25) is 25.1 Å². The molecular weight excluding hydrogens is 393 g/mol. The Bertz CT molecular complexity index is 1010. The highest BCUT2D eigenvalue weighted by atomic mass is 32.2. The second-order valence-electron chi connectivity index (χ2n) is 5.29. The number of amides is 2. The number of hydrogen-bond acceptors (Lipinski definition) is 6. The average molecular weight is 403 g/mol. The number of halogens is 1. The van der Waals surface area contributed by atoms with Crippen LogP contribution in [0.25, 0.3) is 6.08 Å². The van der Waals surface area contributed by atoms with Gasteiger partial charge in [0.2, 0.25) is 0 Å². The van der Waals surface area contributed by atoms with Crippen molar-refractivity contribution in [2.45, 2.75) is 0 Å². The molecule has 0 spiro atoms. The third-order valence-corrected chi connectivity index (χ3v) is 4.80. The van der Waals surface area contributed by atoms with Crippen molar-refractivity contribution in [2.75, 3.05) is 0 Å². The van der Waals surface area contributed by atoms with Gasteiger partial charge in [0.05, 0.1) is 9.83 Å². The van der Waals surface area contributed by atoms with Gasteiger partial charge in [-0.15, -0.1) is 0 Å². The van der Waals surface area contributed by atoms with Gasteiger partial charge < -0.3 is 0 Å². The molecule has 2 amide bonds. The Kier molecular flexibility index (Phi) is 5.28. The number of hydrazine groups is 1. The zero-order chi connectivity index (χ0) is 19.6. The molecule has 10 heteroatoms. The highest BCUT2D eigenvalue weighted by Gasteiger charge is 2.34. The summed E-state index contributed by atoms with van der Waals surface area (Å²) in [7, 11) is 0. The van der Waals surface area contributed by atoms with Gasteiger partial charge in [0.25, 0.3) is 17.5 Å². The van der Waals surface area contributed by atoms with Gasteiger partial charge in [0.1, 0.15) is 11.4 Å². The van der Waals surface area contributed by atoms with E-state index in [1.807, 2.05) is 0 Å². The molecule has 0 bridgehead atoms. The number of hydrogen-bond donors (Lipinski definition) is 1. The second kappa shape index (κ2) is 7.64. The van der Waals surface area contributed by atoms with Crippen LogP contribution in [0.15, 0.2) is 53.4 Å². The van der Waals surface area contributed by atoms with Gasteiger partial charge in [-0.1, -0.05) is 36.0 Å². The van der Waals surface area contributed by atoms with Crippen molar-refractivity contribution in [2.24, 2.45) is 0 Å². The van der Waals surface area contributed by atoms with Crippen LogP contribution in [0.5, 0.6) is 0 Å². The standard InChI is InChI=1S/C17H10FN3O4S2/c18-11-5-3-4-10(8-11)9-14-16(23)20(17(26)27-14)19-15(22)12-6-1-2-7-13(12)21(24)25/h1-9H,(H,19,22). The SMILES string of the molecule is O=C(NN1C(=O)C(=Cc2cccc(F)c2)SC1=S)c1ccccc1[N+](=O)[O-]. The fourth-order valence-electron chi connectivity index (χ4n) is 2.30. The minimum atomic E-state index is -0.842. The van der Waals surface area contributed by atoms with E-state index in [1.165, 1.54) is 48.5 Å².